The molecule has 1 atom stereocenters. The molecule has 254 valence electrons. The van der Waals surface area contributed by atoms with E-state index >= 15 is 0 Å². The molecule has 4 rings (SSSR count). The SMILES string of the molecule is CCN(CC)CCCCNC(=O)c1ccc(Nc2nccc(N(C(=O)O)C(c3cc(OC)ccc3OC)c3c(C)cccc3C)n2)cc1. The summed E-state index contributed by atoms with van der Waals surface area (Å²) < 4.78 is 11.2. The van der Waals surface area contributed by atoms with Crippen molar-refractivity contribution in [3.63, 3.8) is 0 Å². The number of nitrogens with one attached hydrogen (secondary N) is 2. The molecule has 0 saturated carbocycles. The number of unbranched alkanes of at least 4 members (excludes halogenated alkanes) is 1. The summed E-state index contributed by atoms with van der Waals surface area (Å²) in [6, 6.07) is 18.9. The molecule has 0 bridgehead atoms. The summed E-state index contributed by atoms with van der Waals surface area (Å²) in [5.74, 6) is 1.29. The minimum absolute atomic E-state index is 0.134. The van der Waals surface area contributed by atoms with E-state index in [1.807, 2.05) is 32.0 Å². The van der Waals surface area contributed by atoms with Crippen molar-refractivity contribution in [3.05, 3.63) is 101 Å². The quantitative estimate of drug-likeness (QED) is 0.110. The Balaban J connectivity index is 1.58. The van der Waals surface area contributed by atoms with Gasteiger partial charge in [-0.2, -0.15) is 4.98 Å². The van der Waals surface area contributed by atoms with Crippen molar-refractivity contribution in [2.24, 2.45) is 0 Å². The van der Waals surface area contributed by atoms with Gasteiger partial charge in [-0.1, -0.05) is 32.0 Å². The number of carbonyl (C=O) groups is 2. The van der Waals surface area contributed by atoms with E-state index in [1.165, 1.54) is 11.1 Å². The van der Waals surface area contributed by atoms with Crippen molar-refractivity contribution in [1.82, 2.24) is 20.2 Å². The first-order chi connectivity index (χ1) is 23.2. The van der Waals surface area contributed by atoms with Gasteiger partial charge in [-0.05, 0) is 112 Å². The molecule has 1 unspecified atom stereocenters. The fraction of sp³-hybridized carbons (Fsp3) is 0.351. The molecule has 0 saturated heterocycles. The number of hydrogen-bond acceptors (Lipinski definition) is 8. The number of hydrogen-bond donors (Lipinski definition) is 3. The Morgan fingerprint density at radius 2 is 1.62 bits per heavy atom. The van der Waals surface area contributed by atoms with Gasteiger partial charge in [0.1, 0.15) is 17.3 Å². The molecule has 0 spiro atoms. The highest BCUT2D eigenvalue weighted by molar-refractivity contribution is 5.94. The fourth-order valence-corrected chi connectivity index (χ4v) is 5.76. The number of amides is 2. The van der Waals surface area contributed by atoms with Gasteiger partial charge in [-0.25, -0.2) is 14.7 Å². The monoisotopic (exact) mass is 654 g/mol. The third-order valence-electron chi connectivity index (χ3n) is 8.38. The molecule has 0 fully saturated rings. The van der Waals surface area contributed by atoms with E-state index in [1.54, 1.807) is 62.8 Å². The zero-order valence-corrected chi connectivity index (χ0v) is 28.6. The minimum atomic E-state index is -1.21. The summed E-state index contributed by atoms with van der Waals surface area (Å²) in [6.45, 7) is 11.9. The molecule has 0 aliphatic heterocycles. The number of methoxy groups -OCH3 is 2. The Hall–Kier alpha value is -5.16. The predicted molar refractivity (Wildman–Crippen MR) is 189 cm³/mol. The summed E-state index contributed by atoms with van der Waals surface area (Å²) >= 11 is 0. The molecule has 48 heavy (non-hydrogen) atoms. The number of benzene rings is 3. The molecule has 0 aliphatic rings. The summed E-state index contributed by atoms with van der Waals surface area (Å²) in [6.07, 6.45) is 2.24. The van der Waals surface area contributed by atoms with E-state index in [0.29, 0.717) is 34.9 Å². The highest BCUT2D eigenvalue weighted by atomic mass is 16.5. The largest absolute Gasteiger partial charge is 0.497 e. The van der Waals surface area contributed by atoms with Crippen molar-refractivity contribution in [2.75, 3.05) is 50.6 Å². The normalized spacial score (nSPS) is 11.6. The van der Waals surface area contributed by atoms with Crippen LogP contribution in [0.15, 0.2) is 72.9 Å². The van der Waals surface area contributed by atoms with Crippen molar-refractivity contribution in [2.45, 2.75) is 46.6 Å². The number of anilines is 3. The average molecular weight is 655 g/mol. The molecule has 11 nitrogen and oxygen atoms in total. The lowest BCUT2D eigenvalue weighted by molar-refractivity contribution is 0.0952. The molecule has 2 amide bonds. The first kappa shape index (κ1) is 35.7. The summed E-state index contributed by atoms with van der Waals surface area (Å²) in [4.78, 5) is 38.4. The fourth-order valence-electron chi connectivity index (χ4n) is 5.76. The van der Waals surface area contributed by atoms with Gasteiger partial charge in [0.25, 0.3) is 5.91 Å². The van der Waals surface area contributed by atoms with E-state index in [0.717, 1.165) is 49.2 Å². The molecule has 1 heterocycles. The van der Waals surface area contributed by atoms with Crippen LogP contribution in [0.1, 0.15) is 65.3 Å². The maximum atomic E-state index is 13.1. The molecule has 4 aromatic rings. The molecule has 3 N–H and O–H groups in total. The lowest BCUT2D eigenvalue weighted by Gasteiger charge is -2.32. The topological polar surface area (TPSA) is 129 Å². The van der Waals surface area contributed by atoms with Crippen molar-refractivity contribution in [3.8, 4) is 11.5 Å². The number of carbonyl (C=O) groups excluding carboxylic acids is 1. The van der Waals surface area contributed by atoms with Crippen LogP contribution in [-0.4, -0.2) is 72.4 Å². The zero-order chi connectivity index (χ0) is 34.6. The third kappa shape index (κ3) is 8.80. The number of carboxylic acid groups (broad SMARTS) is 1. The highest BCUT2D eigenvalue weighted by Crippen LogP contribution is 2.41. The lowest BCUT2D eigenvalue weighted by Crippen LogP contribution is -2.36. The molecule has 0 radical (unpaired) electrons. The molecule has 3 aromatic carbocycles. The Morgan fingerprint density at radius 1 is 0.917 bits per heavy atom. The molecule has 11 heteroatoms. The second-order valence-electron chi connectivity index (χ2n) is 11.4. The van der Waals surface area contributed by atoms with Crippen molar-refractivity contribution >= 4 is 29.5 Å². The molecule has 1 aromatic heterocycles. The van der Waals surface area contributed by atoms with E-state index < -0.39 is 12.1 Å². The highest BCUT2D eigenvalue weighted by Gasteiger charge is 2.34. The molecular formula is C37H46N6O5. The maximum Gasteiger partial charge on any atom is 0.413 e. The van der Waals surface area contributed by atoms with Crippen LogP contribution < -0.4 is 25.0 Å². The van der Waals surface area contributed by atoms with Crippen molar-refractivity contribution < 1.29 is 24.2 Å². The Morgan fingerprint density at radius 3 is 2.25 bits per heavy atom. The first-order valence-corrected chi connectivity index (χ1v) is 16.2. The van der Waals surface area contributed by atoms with Crippen LogP contribution in [-0.2, 0) is 0 Å². The molecular weight excluding hydrogens is 608 g/mol. The van der Waals surface area contributed by atoms with Crippen LogP contribution in [0.5, 0.6) is 11.5 Å². The van der Waals surface area contributed by atoms with Gasteiger partial charge in [0.05, 0.1) is 20.3 Å². The van der Waals surface area contributed by atoms with Crippen LogP contribution in [0.4, 0.5) is 22.2 Å². The third-order valence-corrected chi connectivity index (χ3v) is 8.38. The van der Waals surface area contributed by atoms with Gasteiger partial charge in [-0.15, -0.1) is 0 Å². The Kier molecular flexibility index (Phi) is 12.7. The van der Waals surface area contributed by atoms with E-state index in [9.17, 15) is 14.7 Å². The second-order valence-corrected chi connectivity index (χ2v) is 11.4. The summed E-state index contributed by atoms with van der Waals surface area (Å²) in [5, 5.41) is 16.9. The van der Waals surface area contributed by atoms with Crippen LogP contribution in [0.3, 0.4) is 0 Å². The number of rotatable bonds is 16. The van der Waals surface area contributed by atoms with E-state index in [2.05, 4.69) is 39.3 Å². The predicted octanol–water partition coefficient (Wildman–Crippen LogP) is 6.98. The number of aryl methyl sites for hydroxylation is 2. The van der Waals surface area contributed by atoms with Gasteiger partial charge in [-0.3, -0.25) is 4.79 Å². The summed E-state index contributed by atoms with van der Waals surface area (Å²) in [5.41, 5.74) is 4.41. The van der Waals surface area contributed by atoms with Crippen LogP contribution in [0.25, 0.3) is 0 Å². The van der Waals surface area contributed by atoms with Crippen LogP contribution in [0, 0.1) is 13.8 Å². The van der Waals surface area contributed by atoms with E-state index in [-0.39, 0.29) is 17.7 Å². The minimum Gasteiger partial charge on any atom is -0.497 e. The van der Waals surface area contributed by atoms with Gasteiger partial charge in [0, 0.05) is 29.6 Å². The van der Waals surface area contributed by atoms with Crippen LogP contribution in [0.2, 0.25) is 0 Å². The Labute approximate surface area is 282 Å². The number of nitrogens with zero attached hydrogens (tertiary/aromatic N) is 4. The number of ether oxygens (including phenoxy) is 2. The second kappa shape index (κ2) is 17.1. The molecule has 0 aliphatic carbocycles. The standard InChI is InChI=1S/C37H46N6O5/c1-7-42(8-2)23-10-9-21-38-35(44)27-14-16-28(17-15-27)40-36-39-22-20-32(41-36)43(37(45)46)34(33-25(3)12-11-13-26(33)4)30-24-29(47-5)18-19-31(30)48-6/h11-20,22,24,34H,7-10,21,23H2,1-6H3,(H,38,44)(H,45,46)(H,39,40,41). The first-order valence-electron chi connectivity index (χ1n) is 16.2. The maximum absolute atomic E-state index is 13.1. The van der Waals surface area contributed by atoms with Crippen molar-refractivity contribution in [1.29, 1.82) is 0 Å². The Bertz CT molecular complexity index is 1660. The van der Waals surface area contributed by atoms with Gasteiger partial charge >= 0.3 is 6.09 Å². The van der Waals surface area contributed by atoms with Gasteiger partial charge in [0.2, 0.25) is 5.95 Å². The van der Waals surface area contributed by atoms with Gasteiger partial charge in [0.15, 0.2) is 0 Å². The average Bonchev–Trinajstić information content (AvgIpc) is 3.09. The van der Waals surface area contributed by atoms with Gasteiger partial charge < -0.3 is 30.1 Å². The summed E-state index contributed by atoms with van der Waals surface area (Å²) in [7, 11) is 3.11. The zero-order valence-electron chi connectivity index (χ0n) is 28.6. The smallest absolute Gasteiger partial charge is 0.413 e. The number of aromatic nitrogens is 2. The van der Waals surface area contributed by atoms with E-state index in [4.69, 9.17) is 9.47 Å². The lowest BCUT2D eigenvalue weighted by atomic mass is 9.89. The van der Waals surface area contributed by atoms with Crippen LogP contribution >= 0.6 is 0 Å².